The van der Waals surface area contributed by atoms with E-state index in [2.05, 4.69) is 4.98 Å². The molecule has 140 valence electrons. The molecule has 0 saturated heterocycles. The number of para-hydroxylation sites is 1. The van der Waals surface area contributed by atoms with Gasteiger partial charge in [-0.05, 0) is 30.7 Å². The summed E-state index contributed by atoms with van der Waals surface area (Å²) in [5, 5.41) is 20.8. The highest BCUT2D eigenvalue weighted by Crippen LogP contribution is 2.39. The lowest BCUT2D eigenvalue weighted by Gasteiger charge is -2.25. The second kappa shape index (κ2) is 7.17. The number of phenols is 1. The van der Waals surface area contributed by atoms with Gasteiger partial charge >= 0.3 is 5.97 Å². The van der Waals surface area contributed by atoms with Crippen molar-refractivity contribution in [3.05, 3.63) is 42.0 Å². The van der Waals surface area contributed by atoms with Crippen molar-refractivity contribution >= 4 is 27.5 Å². The maximum absolute atomic E-state index is 11.6. The molecule has 0 saturated carbocycles. The number of phenolic OH excluding ortho intramolecular Hbond substituents is 1. The van der Waals surface area contributed by atoms with Crippen molar-refractivity contribution < 1.29 is 19.7 Å². The predicted octanol–water partition coefficient (Wildman–Crippen LogP) is 3.73. The number of carboxylic acids is 1. The van der Waals surface area contributed by atoms with E-state index in [0.29, 0.717) is 31.9 Å². The van der Waals surface area contributed by atoms with Crippen LogP contribution >= 0.6 is 11.3 Å². The van der Waals surface area contributed by atoms with Gasteiger partial charge in [0, 0.05) is 24.2 Å². The summed E-state index contributed by atoms with van der Waals surface area (Å²) >= 11 is 1.56. The highest BCUT2D eigenvalue weighted by Gasteiger charge is 2.28. The van der Waals surface area contributed by atoms with Crippen LogP contribution in [0.3, 0.4) is 0 Å². The molecule has 0 aliphatic carbocycles. The van der Waals surface area contributed by atoms with Crippen LogP contribution in [0, 0.1) is 0 Å². The van der Waals surface area contributed by atoms with E-state index in [9.17, 15) is 15.0 Å². The second-order valence-electron chi connectivity index (χ2n) is 6.55. The summed E-state index contributed by atoms with van der Waals surface area (Å²) < 4.78 is 6.81. The van der Waals surface area contributed by atoms with E-state index in [1.165, 1.54) is 0 Å². The van der Waals surface area contributed by atoms with E-state index in [1.54, 1.807) is 17.4 Å². The van der Waals surface area contributed by atoms with E-state index < -0.39 is 12.0 Å². The molecular formula is C20H20N2O4S. The van der Waals surface area contributed by atoms with Gasteiger partial charge in [-0.15, -0.1) is 11.3 Å². The maximum Gasteiger partial charge on any atom is 0.320 e. The Balaban J connectivity index is 1.74. The summed E-state index contributed by atoms with van der Waals surface area (Å²) in [7, 11) is 0. The number of hydrogen-bond donors (Lipinski definition) is 2. The standard InChI is InChI=1S/C20H20N2O4S/c1-2-15(20(24)25)22-7-8-26-18-13(11-22)9-12(10-16(18)23)19-21-14-5-3-4-6-17(14)27-19/h3-6,9-10,15,23H,2,7-8,11H2,1H3,(H,24,25)/t15-/m1/s1. The molecule has 0 amide bonds. The first-order valence-electron chi connectivity index (χ1n) is 8.88. The molecule has 0 fully saturated rings. The van der Waals surface area contributed by atoms with Crippen LogP contribution in [0.15, 0.2) is 36.4 Å². The third kappa shape index (κ3) is 3.36. The molecule has 27 heavy (non-hydrogen) atoms. The summed E-state index contributed by atoms with van der Waals surface area (Å²) in [4.78, 5) is 18.1. The van der Waals surface area contributed by atoms with Crippen LogP contribution in [0.5, 0.6) is 11.5 Å². The van der Waals surface area contributed by atoms with E-state index in [4.69, 9.17) is 4.74 Å². The van der Waals surface area contributed by atoms with Crippen LogP contribution in [0.1, 0.15) is 18.9 Å². The van der Waals surface area contributed by atoms with E-state index in [-0.39, 0.29) is 5.75 Å². The summed E-state index contributed by atoms with van der Waals surface area (Å²) in [6.45, 7) is 3.10. The van der Waals surface area contributed by atoms with Gasteiger partial charge in [-0.25, -0.2) is 4.98 Å². The minimum Gasteiger partial charge on any atom is -0.504 e. The number of hydrogen-bond acceptors (Lipinski definition) is 6. The van der Waals surface area contributed by atoms with E-state index in [0.717, 1.165) is 26.4 Å². The highest BCUT2D eigenvalue weighted by atomic mass is 32.1. The van der Waals surface area contributed by atoms with E-state index in [1.807, 2.05) is 42.2 Å². The molecule has 6 nitrogen and oxygen atoms in total. The molecule has 1 atom stereocenters. The molecule has 0 spiro atoms. The Kier molecular flexibility index (Phi) is 4.72. The van der Waals surface area contributed by atoms with Crippen LogP contribution in [0.25, 0.3) is 20.8 Å². The predicted molar refractivity (Wildman–Crippen MR) is 104 cm³/mol. The molecule has 0 radical (unpaired) electrons. The minimum absolute atomic E-state index is 0.0620. The minimum atomic E-state index is -0.840. The normalized spacial score (nSPS) is 15.7. The van der Waals surface area contributed by atoms with E-state index >= 15 is 0 Å². The van der Waals surface area contributed by atoms with Crippen molar-refractivity contribution in [1.82, 2.24) is 9.88 Å². The van der Waals surface area contributed by atoms with Gasteiger partial charge in [0.25, 0.3) is 0 Å². The largest absolute Gasteiger partial charge is 0.504 e. The van der Waals surface area contributed by atoms with Gasteiger partial charge in [0.1, 0.15) is 17.7 Å². The first kappa shape index (κ1) is 17.8. The third-order valence-corrected chi connectivity index (χ3v) is 5.88. The first-order valence-corrected chi connectivity index (χ1v) is 9.70. The van der Waals surface area contributed by atoms with Crippen LogP contribution in [-0.2, 0) is 11.3 Å². The van der Waals surface area contributed by atoms with Crippen molar-refractivity contribution in [2.45, 2.75) is 25.9 Å². The molecule has 0 unspecified atom stereocenters. The first-order chi connectivity index (χ1) is 13.1. The van der Waals surface area contributed by atoms with Crippen LogP contribution in [0.4, 0.5) is 0 Å². The van der Waals surface area contributed by atoms with Crippen molar-refractivity contribution in [3.63, 3.8) is 0 Å². The number of rotatable bonds is 4. The Labute approximate surface area is 160 Å². The van der Waals surface area contributed by atoms with Gasteiger partial charge in [-0.1, -0.05) is 19.1 Å². The second-order valence-corrected chi connectivity index (χ2v) is 7.58. The van der Waals surface area contributed by atoms with Gasteiger partial charge in [0.15, 0.2) is 11.5 Å². The summed E-state index contributed by atoms with van der Waals surface area (Å²) in [5.41, 5.74) is 2.50. The van der Waals surface area contributed by atoms with Gasteiger partial charge < -0.3 is 14.9 Å². The lowest BCUT2D eigenvalue weighted by Crippen LogP contribution is -2.41. The summed E-state index contributed by atoms with van der Waals surface area (Å²) in [6, 6.07) is 10.9. The number of ether oxygens (including phenoxy) is 1. The molecule has 2 aromatic carbocycles. The maximum atomic E-state index is 11.6. The van der Waals surface area contributed by atoms with Gasteiger partial charge in [0.05, 0.1) is 10.2 Å². The number of nitrogens with zero attached hydrogens (tertiary/aromatic N) is 2. The topological polar surface area (TPSA) is 82.9 Å². The molecule has 2 N–H and O–H groups in total. The number of aliphatic carboxylic acids is 1. The van der Waals surface area contributed by atoms with Crippen molar-refractivity contribution in [2.24, 2.45) is 0 Å². The Bertz CT molecular complexity index is 968. The average Bonchev–Trinajstić information content (AvgIpc) is 2.96. The molecule has 4 rings (SSSR count). The lowest BCUT2D eigenvalue weighted by atomic mass is 10.1. The zero-order valence-electron chi connectivity index (χ0n) is 14.9. The highest BCUT2D eigenvalue weighted by molar-refractivity contribution is 7.21. The zero-order chi connectivity index (χ0) is 19.0. The Hall–Kier alpha value is -2.64. The number of carbonyl (C=O) groups is 1. The molecule has 3 aromatic rings. The molecule has 2 heterocycles. The average molecular weight is 384 g/mol. The number of carboxylic acid groups (broad SMARTS) is 1. The quantitative estimate of drug-likeness (QED) is 0.713. The van der Waals surface area contributed by atoms with Gasteiger partial charge in [-0.2, -0.15) is 0 Å². The monoisotopic (exact) mass is 384 g/mol. The van der Waals surface area contributed by atoms with Crippen LogP contribution in [0.2, 0.25) is 0 Å². The Morgan fingerprint density at radius 2 is 2.19 bits per heavy atom. The fourth-order valence-electron chi connectivity index (χ4n) is 3.49. The fraction of sp³-hybridized carbons (Fsp3) is 0.300. The number of benzene rings is 2. The summed E-state index contributed by atoms with van der Waals surface area (Å²) in [6.07, 6.45) is 0.508. The lowest BCUT2D eigenvalue weighted by molar-refractivity contribution is -0.143. The third-order valence-electron chi connectivity index (χ3n) is 4.80. The number of aromatic hydroxyl groups is 1. The molecule has 7 heteroatoms. The Morgan fingerprint density at radius 3 is 2.93 bits per heavy atom. The van der Waals surface area contributed by atoms with Crippen LogP contribution in [-0.4, -0.2) is 45.3 Å². The van der Waals surface area contributed by atoms with Crippen molar-refractivity contribution in [2.75, 3.05) is 13.2 Å². The molecule has 1 aliphatic rings. The van der Waals surface area contributed by atoms with Crippen molar-refractivity contribution in [3.8, 4) is 22.1 Å². The smallest absolute Gasteiger partial charge is 0.320 e. The fourth-order valence-corrected chi connectivity index (χ4v) is 4.45. The zero-order valence-corrected chi connectivity index (χ0v) is 15.7. The number of aromatic nitrogens is 1. The molecule has 1 aromatic heterocycles. The molecular weight excluding hydrogens is 364 g/mol. The Morgan fingerprint density at radius 1 is 1.37 bits per heavy atom. The number of thiazole rings is 1. The van der Waals surface area contributed by atoms with Crippen LogP contribution < -0.4 is 4.74 Å². The molecule has 1 aliphatic heterocycles. The SMILES string of the molecule is CC[C@H](C(=O)O)N1CCOc2c(O)cc(-c3nc4ccccc4s3)cc2C1. The number of fused-ring (bicyclic) bond motifs is 2. The van der Waals surface area contributed by atoms with Crippen molar-refractivity contribution in [1.29, 1.82) is 0 Å². The summed E-state index contributed by atoms with van der Waals surface area (Å²) in [5.74, 6) is -0.345. The van der Waals surface area contributed by atoms with Gasteiger partial charge in [-0.3, -0.25) is 9.69 Å². The molecule has 0 bridgehead atoms. The van der Waals surface area contributed by atoms with Gasteiger partial charge in [0.2, 0.25) is 0 Å².